The minimum atomic E-state index is -0.834. The lowest BCUT2D eigenvalue weighted by atomic mass is 10.1. The number of amides is 2. The number of hydrogen-bond acceptors (Lipinski definition) is 3. The SMILES string of the molecule is CSCCCCNC(=O)N1CCCC1CC(=O)O. The van der Waals surface area contributed by atoms with Crippen LogP contribution in [0.5, 0.6) is 0 Å². The molecule has 1 saturated heterocycles. The van der Waals surface area contributed by atoms with Gasteiger partial charge < -0.3 is 15.3 Å². The van der Waals surface area contributed by atoms with E-state index in [0.717, 1.165) is 31.4 Å². The first-order valence-electron chi connectivity index (χ1n) is 6.40. The summed E-state index contributed by atoms with van der Waals surface area (Å²) >= 11 is 1.80. The first-order valence-corrected chi connectivity index (χ1v) is 7.79. The van der Waals surface area contributed by atoms with Crippen LogP contribution in [0.15, 0.2) is 0 Å². The van der Waals surface area contributed by atoms with Crippen LogP contribution in [0.4, 0.5) is 4.79 Å². The molecule has 1 fully saturated rings. The Morgan fingerprint density at radius 2 is 2.22 bits per heavy atom. The van der Waals surface area contributed by atoms with Gasteiger partial charge in [-0.05, 0) is 37.7 Å². The molecule has 1 aliphatic heterocycles. The van der Waals surface area contributed by atoms with Crippen molar-refractivity contribution in [1.82, 2.24) is 10.2 Å². The molecule has 1 aliphatic rings. The minimum absolute atomic E-state index is 0.0555. The summed E-state index contributed by atoms with van der Waals surface area (Å²) in [6.45, 7) is 1.35. The highest BCUT2D eigenvalue weighted by Gasteiger charge is 2.29. The molecule has 18 heavy (non-hydrogen) atoms. The summed E-state index contributed by atoms with van der Waals surface area (Å²) in [7, 11) is 0. The van der Waals surface area contributed by atoms with Crippen LogP contribution < -0.4 is 5.32 Å². The molecule has 5 nitrogen and oxygen atoms in total. The van der Waals surface area contributed by atoms with Gasteiger partial charge in [0.15, 0.2) is 0 Å². The number of carbonyl (C=O) groups is 2. The van der Waals surface area contributed by atoms with Gasteiger partial charge in [0.25, 0.3) is 0 Å². The van der Waals surface area contributed by atoms with Crippen LogP contribution in [0.1, 0.15) is 32.1 Å². The Balaban J connectivity index is 2.25. The molecular formula is C12H22N2O3S. The first-order chi connectivity index (χ1) is 8.65. The quantitative estimate of drug-likeness (QED) is 0.694. The molecule has 0 bridgehead atoms. The molecule has 0 aromatic carbocycles. The lowest BCUT2D eigenvalue weighted by molar-refractivity contribution is -0.137. The van der Waals surface area contributed by atoms with E-state index in [-0.39, 0.29) is 18.5 Å². The zero-order valence-corrected chi connectivity index (χ0v) is 11.7. The maximum absolute atomic E-state index is 11.9. The van der Waals surface area contributed by atoms with Gasteiger partial charge in [0, 0.05) is 19.1 Å². The fourth-order valence-electron chi connectivity index (χ4n) is 2.19. The van der Waals surface area contributed by atoms with E-state index in [1.807, 2.05) is 0 Å². The van der Waals surface area contributed by atoms with Gasteiger partial charge in [-0.15, -0.1) is 0 Å². The molecule has 104 valence electrons. The van der Waals surface area contributed by atoms with Gasteiger partial charge in [-0.25, -0.2) is 4.79 Å². The lowest BCUT2D eigenvalue weighted by Gasteiger charge is -2.23. The summed E-state index contributed by atoms with van der Waals surface area (Å²) in [4.78, 5) is 24.3. The molecule has 1 rings (SSSR count). The molecule has 1 unspecified atom stereocenters. The second-order valence-corrected chi connectivity index (χ2v) is 5.50. The third-order valence-corrected chi connectivity index (χ3v) is 3.80. The van der Waals surface area contributed by atoms with Gasteiger partial charge in [0.05, 0.1) is 6.42 Å². The van der Waals surface area contributed by atoms with E-state index in [4.69, 9.17) is 5.11 Å². The average molecular weight is 274 g/mol. The molecule has 2 amide bonds. The van der Waals surface area contributed by atoms with Crippen molar-refractivity contribution in [2.45, 2.75) is 38.1 Å². The van der Waals surface area contributed by atoms with Gasteiger partial charge >= 0.3 is 12.0 Å². The van der Waals surface area contributed by atoms with Gasteiger partial charge in [-0.2, -0.15) is 11.8 Å². The maximum Gasteiger partial charge on any atom is 0.317 e. The third kappa shape index (κ3) is 5.16. The van der Waals surface area contributed by atoms with E-state index in [9.17, 15) is 9.59 Å². The number of rotatable bonds is 7. The molecule has 0 aromatic rings. The summed E-state index contributed by atoms with van der Waals surface area (Å²) in [5, 5.41) is 11.7. The predicted molar refractivity (Wildman–Crippen MR) is 73.0 cm³/mol. The van der Waals surface area contributed by atoms with Crippen LogP contribution in [-0.2, 0) is 4.79 Å². The van der Waals surface area contributed by atoms with Crippen molar-refractivity contribution in [3.05, 3.63) is 0 Å². The largest absolute Gasteiger partial charge is 0.481 e. The van der Waals surface area contributed by atoms with Crippen molar-refractivity contribution in [2.75, 3.05) is 25.1 Å². The van der Waals surface area contributed by atoms with E-state index in [2.05, 4.69) is 11.6 Å². The number of unbranched alkanes of at least 4 members (excludes halogenated alkanes) is 1. The van der Waals surface area contributed by atoms with Crippen LogP contribution in [0.25, 0.3) is 0 Å². The summed E-state index contributed by atoms with van der Waals surface area (Å²) in [5.74, 6) is 0.279. The summed E-state index contributed by atoms with van der Waals surface area (Å²) in [5.41, 5.74) is 0. The van der Waals surface area contributed by atoms with Crippen LogP contribution in [0, 0.1) is 0 Å². The standard InChI is InChI=1S/C12H22N2O3S/c1-18-8-3-2-6-13-12(17)14-7-4-5-10(14)9-11(15)16/h10H,2-9H2,1H3,(H,13,17)(H,15,16). The zero-order chi connectivity index (χ0) is 13.4. The number of carbonyl (C=O) groups excluding carboxylic acids is 1. The van der Waals surface area contributed by atoms with Crippen LogP contribution in [0.3, 0.4) is 0 Å². The topological polar surface area (TPSA) is 69.6 Å². The lowest BCUT2D eigenvalue weighted by Crippen LogP contribution is -2.43. The number of carboxylic acids is 1. The van der Waals surface area contributed by atoms with Crippen molar-refractivity contribution < 1.29 is 14.7 Å². The van der Waals surface area contributed by atoms with E-state index in [0.29, 0.717) is 13.1 Å². The number of aliphatic carboxylic acids is 1. The van der Waals surface area contributed by atoms with Gasteiger partial charge in [0.2, 0.25) is 0 Å². The summed E-state index contributed by atoms with van der Waals surface area (Å²) < 4.78 is 0. The second-order valence-electron chi connectivity index (χ2n) is 4.52. The molecule has 0 aliphatic carbocycles. The van der Waals surface area contributed by atoms with Crippen LogP contribution >= 0.6 is 11.8 Å². The Morgan fingerprint density at radius 3 is 2.89 bits per heavy atom. The molecule has 0 radical (unpaired) electrons. The maximum atomic E-state index is 11.9. The van der Waals surface area contributed by atoms with E-state index >= 15 is 0 Å². The van der Waals surface area contributed by atoms with E-state index in [1.165, 1.54) is 0 Å². The van der Waals surface area contributed by atoms with Gasteiger partial charge in [0.1, 0.15) is 0 Å². The molecule has 1 atom stereocenters. The van der Waals surface area contributed by atoms with Crippen LogP contribution in [0.2, 0.25) is 0 Å². The highest BCUT2D eigenvalue weighted by atomic mass is 32.2. The fraction of sp³-hybridized carbons (Fsp3) is 0.833. The molecule has 6 heteroatoms. The average Bonchev–Trinajstić information content (AvgIpc) is 2.76. The Bertz CT molecular complexity index is 286. The minimum Gasteiger partial charge on any atom is -0.481 e. The molecular weight excluding hydrogens is 252 g/mol. The highest BCUT2D eigenvalue weighted by molar-refractivity contribution is 7.98. The van der Waals surface area contributed by atoms with Crippen molar-refractivity contribution in [3.8, 4) is 0 Å². The number of hydrogen-bond donors (Lipinski definition) is 2. The molecule has 1 heterocycles. The number of thioether (sulfide) groups is 1. The van der Waals surface area contributed by atoms with Crippen molar-refractivity contribution in [3.63, 3.8) is 0 Å². The third-order valence-electron chi connectivity index (χ3n) is 3.10. The monoisotopic (exact) mass is 274 g/mol. The number of carboxylic acid groups (broad SMARTS) is 1. The molecule has 2 N–H and O–H groups in total. The Morgan fingerprint density at radius 1 is 1.44 bits per heavy atom. The summed E-state index contributed by atoms with van der Waals surface area (Å²) in [6, 6.07) is -0.239. The van der Waals surface area contributed by atoms with Crippen molar-refractivity contribution in [2.24, 2.45) is 0 Å². The van der Waals surface area contributed by atoms with Gasteiger partial charge in [-0.3, -0.25) is 4.79 Å². The van der Waals surface area contributed by atoms with Crippen molar-refractivity contribution >= 4 is 23.8 Å². The number of likely N-dealkylation sites (tertiary alicyclic amines) is 1. The normalized spacial score (nSPS) is 18.9. The second kappa shape index (κ2) is 8.24. The Hall–Kier alpha value is -0.910. The van der Waals surface area contributed by atoms with Gasteiger partial charge in [-0.1, -0.05) is 0 Å². The van der Waals surface area contributed by atoms with Crippen molar-refractivity contribution in [1.29, 1.82) is 0 Å². The molecule has 0 aromatic heterocycles. The highest BCUT2D eigenvalue weighted by Crippen LogP contribution is 2.19. The zero-order valence-electron chi connectivity index (χ0n) is 10.9. The fourth-order valence-corrected chi connectivity index (χ4v) is 2.68. The number of urea groups is 1. The predicted octanol–water partition coefficient (Wildman–Crippen LogP) is 1.78. The number of nitrogens with zero attached hydrogens (tertiary/aromatic N) is 1. The van der Waals surface area contributed by atoms with E-state index < -0.39 is 5.97 Å². The first kappa shape index (κ1) is 15.1. The summed E-state index contributed by atoms with van der Waals surface area (Å²) in [6.07, 6.45) is 5.90. The van der Waals surface area contributed by atoms with E-state index in [1.54, 1.807) is 16.7 Å². The molecule has 0 saturated carbocycles. The Kier molecular flexibility index (Phi) is 6.93. The number of nitrogens with one attached hydrogen (secondary N) is 1. The molecule has 0 spiro atoms. The Labute approximate surface area is 112 Å². The van der Waals surface area contributed by atoms with Crippen LogP contribution in [-0.4, -0.2) is 53.1 Å². The smallest absolute Gasteiger partial charge is 0.317 e.